The van der Waals surface area contributed by atoms with E-state index >= 15 is 0 Å². The Kier molecular flexibility index (Phi) is 4.16. The molecule has 0 fully saturated rings. The van der Waals surface area contributed by atoms with Crippen molar-refractivity contribution < 1.29 is 9.84 Å². The summed E-state index contributed by atoms with van der Waals surface area (Å²) in [6.45, 7) is 4.05. The van der Waals surface area contributed by atoms with Crippen molar-refractivity contribution >= 4 is 0 Å². The van der Waals surface area contributed by atoms with E-state index < -0.39 is 6.10 Å². The second-order valence-electron chi connectivity index (χ2n) is 4.71. The lowest BCUT2D eigenvalue weighted by Gasteiger charge is -2.17. The molecule has 2 aromatic rings. The zero-order valence-electron chi connectivity index (χ0n) is 11.4. The number of pyridine rings is 1. The van der Waals surface area contributed by atoms with Crippen LogP contribution in [-0.2, 0) is 6.42 Å². The first-order valence-corrected chi connectivity index (χ1v) is 6.31. The van der Waals surface area contributed by atoms with E-state index in [1.54, 1.807) is 30.4 Å². The Morgan fingerprint density at radius 2 is 2.00 bits per heavy atom. The first-order valence-electron chi connectivity index (χ1n) is 6.31. The molecule has 0 bridgehead atoms. The van der Waals surface area contributed by atoms with Crippen LogP contribution in [0.5, 0.6) is 5.75 Å². The van der Waals surface area contributed by atoms with Crippen molar-refractivity contribution in [3.05, 3.63) is 42.0 Å². The third-order valence-corrected chi connectivity index (χ3v) is 3.00. The van der Waals surface area contributed by atoms with Gasteiger partial charge in [0.15, 0.2) is 5.75 Å². The van der Waals surface area contributed by atoms with Gasteiger partial charge in [0.2, 0.25) is 0 Å². The van der Waals surface area contributed by atoms with Crippen LogP contribution in [0.1, 0.15) is 37.3 Å². The van der Waals surface area contributed by atoms with Gasteiger partial charge in [0, 0.05) is 24.9 Å². The summed E-state index contributed by atoms with van der Waals surface area (Å²) in [7, 11) is 1.59. The van der Waals surface area contributed by atoms with Crippen LogP contribution in [0.3, 0.4) is 0 Å². The highest BCUT2D eigenvalue weighted by Gasteiger charge is 2.21. The van der Waals surface area contributed by atoms with Crippen LogP contribution in [-0.4, -0.2) is 27.0 Å². The van der Waals surface area contributed by atoms with Gasteiger partial charge in [-0.15, -0.1) is 0 Å². The normalized spacial score (nSPS) is 12.7. The van der Waals surface area contributed by atoms with Crippen molar-refractivity contribution in [3.63, 3.8) is 0 Å². The Hall–Kier alpha value is -1.88. The molecule has 2 heterocycles. The minimum Gasteiger partial charge on any atom is -0.493 e. The van der Waals surface area contributed by atoms with Crippen molar-refractivity contribution in [1.29, 1.82) is 0 Å². The molecule has 0 saturated carbocycles. The molecule has 0 spiro atoms. The van der Waals surface area contributed by atoms with Crippen LogP contribution in [0.4, 0.5) is 0 Å². The van der Waals surface area contributed by atoms with Gasteiger partial charge in [0.05, 0.1) is 13.3 Å². The maximum Gasteiger partial charge on any atom is 0.162 e. The number of aliphatic hydroxyl groups is 1. The van der Waals surface area contributed by atoms with E-state index in [4.69, 9.17) is 4.74 Å². The summed E-state index contributed by atoms with van der Waals surface area (Å²) < 4.78 is 7.08. The van der Waals surface area contributed by atoms with Crippen molar-refractivity contribution in [2.45, 2.75) is 32.4 Å². The van der Waals surface area contributed by atoms with Gasteiger partial charge in [0.25, 0.3) is 0 Å². The first-order chi connectivity index (χ1) is 9.13. The quantitative estimate of drug-likeness (QED) is 0.895. The maximum absolute atomic E-state index is 10.4. The Morgan fingerprint density at radius 3 is 2.58 bits per heavy atom. The molecule has 0 amide bonds. The lowest BCUT2D eigenvalue weighted by atomic mass is 10.1. The van der Waals surface area contributed by atoms with E-state index in [9.17, 15) is 5.11 Å². The summed E-state index contributed by atoms with van der Waals surface area (Å²) in [6, 6.07) is 3.96. The van der Waals surface area contributed by atoms with Crippen LogP contribution in [0, 0.1) is 0 Å². The lowest BCUT2D eigenvalue weighted by molar-refractivity contribution is 0.160. The van der Waals surface area contributed by atoms with Crippen molar-refractivity contribution in [3.8, 4) is 5.75 Å². The fraction of sp³-hybridized carbons (Fsp3) is 0.429. The number of nitrogens with zero attached hydrogens (tertiary/aromatic N) is 3. The molecule has 102 valence electrons. The van der Waals surface area contributed by atoms with E-state index in [2.05, 4.69) is 10.1 Å². The predicted molar refractivity (Wildman–Crippen MR) is 72.1 cm³/mol. The second-order valence-corrected chi connectivity index (χ2v) is 4.71. The van der Waals surface area contributed by atoms with E-state index in [0.717, 1.165) is 5.56 Å². The molecule has 1 unspecified atom stereocenters. The van der Waals surface area contributed by atoms with Crippen molar-refractivity contribution in [2.24, 2.45) is 0 Å². The fourth-order valence-corrected chi connectivity index (χ4v) is 2.08. The average molecular weight is 261 g/mol. The van der Waals surface area contributed by atoms with Crippen molar-refractivity contribution in [2.75, 3.05) is 7.11 Å². The number of hydrogen-bond donors (Lipinski definition) is 1. The van der Waals surface area contributed by atoms with Gasteiger partial charge in [0.1, 0.15) is 11.8 Å². The average Bonchev–Trinajstić information content (AvgIpc) is 2.83. The number of hydrogen-bond acceptors (Lipinski definition) is 4. The van der Waals surface area contributed by atoms with Gasteiger partial charge in [-0.3, -0.25) is 9.67 Å². The van der Waals surface area contributed by atoms with Crippen molar-refractivity contribution in [1.82, 2.24) is 14.8 Å². The predicted octanol–water partition coefficient (Wildman–Crippen LogP) is 2.14. The van der Waals surface area contributed by atoms with Crippen LogP contribution >= 0.6 is 0 Å². The Labute approximate surface area is 112 Å². The molecule has 19 heavy (non-hydrogen) atoms. The minimum absolute atomic E-state index is 0.172. The Bertz CT molecular complexity index is 523. The Morgan fingerprint density at radius 1 is 1.32 bits per heavy atom. The van der Waals surface area contributed by atoms with Crippen LogP contribution < -0.4 is 4.74 Å². The van der Waals surface area contributed by atoms with E-state index in [0.29, 0.717) is 17.9 Å². The van der Waals surface area contributed by atoms with Gasteiger partial charge < -0.3 is 9.84 Å². The topological polar surface area (TPSA) is 60.2 Å². The maximum atomic E-state index is 10.4. The molecule has 1 N–H and O–H groups in total. The molecule has 0 aliphatic heterocycles. The molecule has 2 aromatic heterocycles. The third kappa shape index (κ3) is 2.93. The minimum atomic E-state index is -0.651. The highest BCUT2D eigenvalue weighted by molar-refractivity contribution is 5.29. The summed E-state index contributed by atoms with van der Waals surface area (Å²) in [5.74, 6) is 0.621. The first kappa shape index (κ1) is 13.5. The molecule has 0 aromatic carbocycles. The summed E-state index contributed by atoms with van der Waals surface area (Å²) >= 11 is 0. The lowest BCUT2D eigenvalue weighted by Crippen LogP contribution is -2.13. The zero-order valence-corrected chi connectivity index (χ0v) is 11.4. The number of aromatic nitrogens is 3. The fourth-order valence-electron chi connectivity index (χ4n) is 2.08. The SMILES string of the molecule is COc1cnn(C(C)C)c1C(O)Cc1ccncc1. The smallest absolute Gasteiger partial charge is 0.162 e. The molecule has 0 aliphatic carbocycles. The molecule has 2 rings (SSSR count). The zero-order chi connectivity index (χ0) is 13.8. The van der Waals surface area contributed by atoms with Crippen LogP contribution in [0.2, 0.25) is 0 Å². The van der Waals surface area contributed by atoms with Gasteiger partial charge in [-0.1, -0.05) is 0 Å². The third-order valence-electron chi connectivity index (χ3n) is 3.00. The number of rotatable bonds is 5. The molecule has 0 radical (unpaired) electrons. The summed E-state index contributed by atoms with van der Waals surface area (Å²) in [5.41, 5.74) is 1.75. The number of ether oxygens (including phenoxy) is 1. The molecule has 1 atom stereocenters. The van der Waals surface area contributed by atoms with E-state index in [1.165, 1.54) is 0 Å². The number of aliphatic hydroxyl groups excluding tert-OH is 1. The van der Waals surface area contributed by atoms with E-state index in [-0.39, 0.29) is 6.04 Å². The van der Waals surface area contributed by atoms with Gasteiger partial charge in [-0.25, -0.2) is 0 Å². The van der Waals surface area contributed by atoms with Gasteiger partial charge >= 0.3 is 0 Å². The second kappa shape index (κ2) is 5.84. The molecule has 0 saturated heterocycles. The number of methoxy groups -OCH3 is 1. The van der Waals surface area contributed by atoms with Crippen LogP contribution in [0.15, 0.2) is 30.7 Å². The van der Waals surface area contributed by atoms with Gasteiger partial charge in [-0.05, 0) is 31.5 Å². The molecular formula is C14H19N3O2. The molecule has 5 nitrogen and oxygen atoms in total. The molecule has 0 aliphatic rings. The highest BCUT2D eigenvalue weighted by Crippen LogP contribution is 2.29. The Balaban J connectivity index is 2.27. The molecule has 5 heteroatoms. The monoisotopic (exact) mass is 261 g/mol. The molecular weight excluding hydrogens is 242 g/mol. The summed E-state index contributed by atoms with van der Waals surface area (Å²) in [4.78, 5) is 3.97. The van der Waals surface area contributed by atoms with Gasteiger partial charge in [-0.2, -0.15) is 5.10 Å². The highest BCUT2D eigenvalue weighted by atomic mass is 16.5. The largest absolute Gasteiger partial charge is 0.493 e. The van der Waals surface area contributed by atoms with Crippen LogP contribution in [0.25, 0.3) is 0 Å². The van der Waals surface area contributed by atoms with E-state index in [1.807, 2.05) is 26.0 Å². The summed E-state index contributed by atoms with van der Waals surface area (Å²) in [6.07, 6.45) is 4.95. The summed E-state index contributed by atoms with van der Waals surface area (Å²) in [5, 5.41) is 14.7. The standard InChI is InChI=1S/C14H19N3O2/c1-10(2)17-14(13(19-3)9-16-17)12(18)8-11-4-6-15-7-5-11/h4-7,9-10,12,18H,8H2,1-3H3.